The highest BCUT2D eigenvalue weighted by atomic mass is 16.5. The van der Waals surface area contributed by atoms with Crippen molar-refractivity contribution in [2.75, 3.05) is 52.9 Å². The third-order valence-corrected chi connectivity index (χ3v) is 3.67. The van der Waals surface area contributed by atoms with E-state index >= 15 is 0 Å². The smallest absolute Gasteiger partial charge is 0.322 e. The van der Waals surface area contributed by atoms with Crippen molar-refractivity contribution in [3.63, 3.8) is 0 Å². The van der Waals surface area contributed by atoms with Crippen LogP contribution in [-0.2, 0) is 9.53 Å². The lowest BCUT2D eigenvalue weighted by Gasteiger charge is -2.35. The first-order valence-electron chi connectivity index (χ1n) is 7.47. The molecule has 1 aliphatic rings. The summed E-state index contributed by atoms with van der Waals surface area (Å²) >= 11 is 0. The fraction of sp³-hybridized carbons (Fsp3) is 0.929. The maximum atomic E-state index is 11.6. The Hall–Kier alpha value is -0.650. The monoisotopic (exact) mass is 271 g/mol. The van der Waals surface area contributed by atoms with Crippen molar-refractivity contribution in [1.82, 2.24) is 15.1 Å². The zero-order valence-electron chi connectivity index (χ0n) is 12.7. The molecule has 1 N–H and O–H groups in total. The molecule has 0 saturated carbocycles. The second-order valence-corrected chi connectivity index (χ2v) is 5.11. The number of likely N-dealkylation sites (N-methyl/N-ethyl adjacent to an activating group) is 1. The van der Waals surface area contributed by atoms with Gasteiger partial charge in [-0.15, -0.1) is 0 Å². The molecule has 1 unspecified atom stereocenters. The van der Waals surface area contributed by atoms with E-state index in [0.29, 0.717) is 0 Å². The van der Waals surface area contributed by atoms with Crippen LogP contribution < -0.4 is 5.32 Å². The van der Waals surface area contributed by atoms with Gasteiger partial charge in [-0.25, -0.2) is 0 Å². The fourth-order valence-electron chi connectivity index (χ4n) is 2.56. The lowest BCUT2D eigenvalue weighted by molar-refractivity contribution is -0.143. The molecule has 1 rings (SSSR count). The Kier molecular flexibility index (Phi) is 8.02. The summed E-state index contributed by atoms with van der Waals surface area (Å²) in [6.45, 7) is 11.7. The Morgan fingerprint density at radius 3 is 2.21 bits per heavy atom. The Balaban J connectivity index is 2.26. The molecule has 5 nitrogen and oxygen atoms in total. The van der Waals surface area contributed by atoms with E-state index in [-0.39, 0.29) is 12.0 Å². The van der Waals surface area contributed by atoms with Crippen LogP contribution in [0.5, 0.6) is 0 Å². The summed E-state index contributed by atoms with van der Waals surface area (Å²) < 4.78 is 4.83. The van der Waals surface area contributed by atoms with E-state index in [0.717, 1.165) is 45.7 Å². The number of carbonyl (C=O) groups is 1. The highest BCUT2D eigenvalue weighted by Crippen LogP contribution is 2.05. The number of piperazine rings is 1. The second kappa shape index (κ2) is 9.28. The van der Waals surface area contributed by atoms with Crippen LogP contribution in [0.3, 0.4) is 0 Å². The minimum absolute atomic E-state index is 0.147. The zero-order valence-corrected chi connectivity index (χ0v) is 12.7. The molecule has 0 bridgehead atoms. The van der Waals surface area contributed by atoms with Crippen molar-refractivity contribution in [3.05, 3.63) is 0 Å². The Bertz CT molecular complexity index is 253. The molecule has 1 fully saturated rings. The fourth-order valence-corrected chi connectivity index (χ4v) is 2.56. The van der Waals surface area contributed by atoms with Gasteiger partial charge in [0, 0.05) is 32.7 Å². The van der Waals surface area contributed by atoms with Crippen LogP contribution in [0, 0.1) is 0 Å². The van der Waals surface area contributed by atoms with Crippen LogP contribution >= 0.6 is 0 Å². The van der Waals surface area contributed by atoms with E-state index in [9.17, 15) is 4.79 Å². The van der Waals surface area contributed by atoms with Gasteiger partial charge in [-0.2, -0.15) is 0 Å². The van der Waals surface area contributed by atoms with Gasteiger partial charge in [0.1, 0.15) is 6.04 Å². The standard InChI is InChI=1S/C14H29N3O2/c1-4-7-16-9-11-17(12-10-16)8-6-13(15-5-2)14(18)19-3/h13,15H,4-12H2,1-3H3. The van der Waals surface area contributed by atoms with Crippen molar-refractivity contribution >= 4 is 5.97 Å². The highest BCUT2D eigenvalue weighted by Gasteiger charge is 2.21. The molecule has 0 aromatic carbocycles. The molecule has 0 amide bonds. The van der Waals surface area contributed by atoms with Crippen molar-refractivity contribution in [2.45, 2.75) is 32.7 Å². The van der Waals surface area contributed by atoms with Gasteiger partial charge in [-0.3, -0.25) is 4.79 Å². The number of nitrogens with zero attached hydrogens (tertiary/aromatic N) is 2. The molecule has 0 aromatic heterocycles. The summed E-state index contributed by atoms with van der Waals surface area (Å²) in [5, 5.41) is 3.19. The van der Waals surface area contributed by atoms with Gasteiger partial charge in [-0.05, 0) is 25.9 Å². The van der Waals surface area contributed by atoms with E-state index in [2.05, 4.69) is 22.0 Å². The van der Waals surface area contributed by atoms with Gasteiger partial charge in [0.15, 0.2) is 0 Å². The summed E-state index contributed by atoms with van der Waals surface area (Å²) in [6.07, 6.45) is 2.05. The number of hydrogen-bond acceptors (Lipinski definition) is 5. The maximum absolute atomic E-state index is 11.6. The first-order valence-corrected chi connectivity index (χ1v) is 7.47. The molecule has 5 heteroatoms. The number of hydrogen-bond donors (Lipinski definition) is 1. The molecule has 1 aliphatic heterocycles. The van der Waals surface area contributed by atoms with Crippen molar-refractivity contribution in [3.8, 4) is 0 Å². The van der Waals surface area contributed by atoms with Gasteiger partial charge in [-0.1, -0.05) is 13.8 Å². The van der Waals surface area contributed by atoms with Gasteiger partial charge in [0.25, 0.3) is 0 Å². The predicted molar refractivity (Wildman–Crippen MR) is 77.3 cm³/mol. The number of methoxy groups -OCH3 is 1. The third-order valence-electron chi connectivity index (χ3n) is 3.67. The molecule has 0 aromatic rings. The SMILES string of the molecule is CCCN1CCN(CCC(NCC)C(=O)OC)CC1. The highest BCUT2D eigenvalue weighted by molar-refractivity contribution is 5.75. The number of esters is 1. The quantitative estimate of drug-likeness (QED) is 0.653. The van der Waals surface area contributed by atoms with Gasteiger partial charge in [0.2, 0.25) is 0 Å². The molecule has 0 spiro atoms. The van der Waals surface area contributed by atoms with Crippen LogP contribution in [-0.4, -0.2) is 74.7 Å². The molecule has 1 saturated heterocycles. The van der Waals surface area contributed by atoms with Crippen molar-refractivity contribution in [1.29, 1.82) is 0 Å². The lowest BCUT2D eigenvalue weighted by Crippen LogP contribution is -2.48. The number of nitrogens with one attached hydrogen (secondary N) is 1. The van der Waals surface area contributed by atoms with Gasteiger partial charge < -0.3 is 19.9 Å². The molecule has 0 aliphatic carbocycles. The lowest BCUT2D eigenvalue weighted by atomic mass is 10.2. The topological polar surface area (TPSA) is 44.8 Å². The molecular formula is C14H29N3O2. The van der Waals surface area contributed by atoms with Crippen molar-refractivity contribution in [2.24, 2.45) is 0 Å². The number of rotatable bonds is 8. The van der Waals surface area contributed by atoms with Crippen LogP contribution in [0.4, 0.5) is 0 Å². The Morgan fingerprint density at radius 1 is 1.16 bits per heavy atom. The first-order chi connectivity index (χ1) is 9.21. The summed E-state index contributed by atoms with van der Waals surface area (Å²) in [7, 11) is 1.45. The minimum Gasteiger partial charge on any atom is -0.468 e. The molecule has 19 heavy (non-hydrogen) atoms. The summed E-state index contributed by atoms with van der Waals surface area (Å²) in [4.78, 5) is 16.6. The average Bonchev–Trinajstić information content (AvgIpc) is 2.44. The minimum atomic E-state index is -0.163. The molecule has 0 radical (unpaired) electrons. The normalized spacial score (nSPS) is 19.3. The Morgan fingerprint density at radius 2 is 1.74 bits per heavy atom. The van der Waals surface area contributed by atoms with Gasteiger partial charge >= 0.3 is 5.97 Å². The zero-order chi connectivity index (χ0) is 14.1. The van der Waals surface area contributed by atoms with Crippen LogP contribution in [0.25, 0.3) is 0 Å². The molecule has 1 atom stereocenters. The first kappa shape index (κ1) is 16.4. The van der Waals surface area contributed by atoms with E-state index in [1.807, 2.05) is 6.92 Å². The van der Waals surface area contributed by atoms with Crippen LogP contribution in [0.2, 0.25) is 0 Å². The summed E-state index contributed by atoms with van der Waals surface area (Å²) in [5.41, 5.74) is 0. The second-order valence-electron chi connectivity index (χ2n) is 5.11. The third kappa shape index (κ3) is 5.89. The molecular weight excluding hydrogens is 242 g/mol. The predicted octanol–water partition coefficient (Wildman–Crippen LogP) is 0.555. The van der Waals surface area contributed by atoms with Crippen LogP contribution in [0.15, 0.2) is 0 Å². The Labute approximate surface area is 117 Å². The number of carbonyl (C=O) groups excluding carboxylic acids is 1. The van der Waals surface area contributed by atoms with E-state index < -0.39 is 0 Å². The average molecular weight is 271 g/mol. The maximum Gasteiger partial charge on any atom is 0.322 e. The number of ether oxygens (including phenoxy) is 1. The largest absolute Gasteiger partial charge is 0.468 e. The van der Waals surface area contributed by atoms with E-state index in [4.69, 9.17) is 4.74 Å². The van der Waals surface area contributed by atoms with Gasteiger partial charge in [0.05, 0.1) is 7.11 Å². The molecule has 112 valence electrons. The van der Waals surface area contributed by atoms with Crippen LogP contribution in [0.1, 0.15) is 26.7 Å². The van der Waals surface area contributed by atoms with E-state index in [1.54, 1.807) is 0 Å². The molecule has 1 heterocycles. The van der Waals surface area contributed by atoms with Crippen molar-refractivity contribution < 1.29 is 9.53 Å². The van der Waals surface area contributed by atoms with E-state index in [1.165, 1.54) is 20.1 Å². The summed E-state index contributed by atoms with van der Waals surface area (Å²) in [6, 6.07) is -0.163. The summed E-state index contributed by atoms with van der Waals surface area (Å²) in [5.74, 6) is -0.147.